The van der Waals surface area contributed by atoms with Crippen molar-refractivity contribution in [3.8, 4) is 0 Å². The summed E-state index contributed by atoms with van der Waals surface area (Å²) in [5.74, 6) is 1.85. The highest BCUT2D eigenvalue weighted by atomic mass is 15.3. The van der Waals surface area contributed by atoms with Gasteiger partial charge in [0.15, 0.2) is 0 Å². The molecule has 3 aromatic rings. The van der Waals surface area contributed by atoms with Crippen LogP contribution in [0.1, 0.15) is 36.8 Å². The molecule has 6 nitrogen and oxygen atoms in total. The molecule has 2 aromatic carbocycles. The molecule has 1 saturated heterocycles. The number of benzene rings is 2. The molecule has 1 saturated carbocycles. The van der Waals surface area contributed by atoms with Gasteiger partial charge in [0.05, 0.1) is 5.52 Å². The largest absolute Gasteiger partial charge is 0.351 e. The highest BCUT2D eigenvalue weighted by Gasteiger charge is 2.32. The lowest BCUT2D eigenvalue weighted by Gasteiger charge is -2.43. The number of para-hydroxylation sites is 1. The number of hydrogen-bond donors (Lipinski definition) is 1. The van der Waals surface area contributed by atoms with Crippen LogP contribution in [0.4, 0.5) is 11.8 Å². The van der Waals surface area contributed by atoms with Gasteiger partial charge in [-0.1, -0.05) is 49.2 Å². The molecule has 0 amide bonds. The van der Waals surface area contributed by atoms with Crippen LogP contribution in [0.3, 0.4) is 0 Å². The number of nitrogens with one attached hydrogen (secondary N) is 1. The monoisotopic (exact) mass is 456 g/mol. The molecule has 2 atom stereocenters. The van der Waals surface area contributed by atoms with E-state index >= 15 is 0 Å². The minimum atomic E-state index is 0.410. The summed E-state index contributed by atoms with van der Waals surface area (Å²) in [5.41, 5.74) is 3.90. The van der Waals surface area contributed by atoms with Gasteiger partial charge >= 0.3 is 0 Å². The van der Waals surface area contributed by atoms with Crippen molar-refractivity contribution in [2.45, 2.75) is 50.7 Å². The molecular weight excluding hydrogens is 420 g/mol. The lowest BCUT2D eigenvalue weighted by atomic mass is 9.88. The third-order valence-electron chi connectivity index (χ3n) is 8.06. The van der Waals surface area contributed by atoms with Crippen LogP contribution < -0.4 is 10.2 Å². The molecule has 0 radical (unpaired) electrons. The summed E-state index contributed by atoms with van der Waals surface area (Å²) in [6.07, 6.45) is 6.13. The smallest absolute Gasteiger partial charge is 0.225 e. The molecular formula is C28H36N6. The number of aromatic nitrogens is 2. The molecule has 1 aliphatic carbocycles. The van der Waals surface area contributed by atoms with Crippen molar-refractivity contribution >= 4 is 22.7 Å². The first-order valence-corrected chi connectivity index (χ1v) is 13.0. The van der Waals surface area contributed by atoms with E-state index in [1.807, 2.05) is 0 Å². The number of nitrogens with zero attached hydrogens (tertiary/aromatic N) is 5. The lowest BCUT2D eigenvalue weighted by Crippen LogP contribution is -2.55. The molecule has 3 aliphatic rings. The fourth-order valence-electron chi connectivity index (χ4n) is 6.08. The van der Waals surface area contributed by atoms with Crippen molar-refractivity contribution in [2.75, 3.05) is 50.0 Å². The van der Waals surface area contributed by atoms with E-state index in [9.17, 15) is 0 Å². The Bertz CT molecular complexity index is 1140. The van der Waals surface area contributed by atoms with Crippen LogP contribution >= 0.6 is 0 Å². The summed E-state index contributed by atoms with van der Waals surface area (Å²) in [4.78, 5) is 17.7. The Morgan fingerprint density at radius 1 is 0.824 bits per heavy atom. The average Bonchev–Trinajstić information content (AvgIpc) is 2.89. The number of fused-ring (bicyclic) bond motifs is 2. The first kappa shape index (κ1) is 21.8. The second-order valence-corrected chi connectivity index (χ2v) is 10.3. The Balaban J connectivity index is 1.29. The Morgan fingerprint density at radius 3 is 2.47 bits per heavy atom. The van der Waals surface area contributed by atoms with Crippen molar-refractivity contribution in [3.63, 3.8) is 0 Å². The van der Waals surface area contributed by atoms with E-state index in [0.717, 1.165) is 68.4 Å². The SMILES string of the molecule is CN1CCN([C@H]2CCCC[C@@H]2Nc2nc(N3CCc4ccccc4C3)c3ccccc3n2)CC1. The van der Waals surface area contributed by atoms with E-state index in [4.69, 9.17) is 9.97 Å². The average molecular weight is 457 g/mol. The first-order chi connectivity index (χ1) is 16.7. The topological polar surface area (TPSA) is 47.5 Å². The predicted molar refractivity (Wildman–Crippen MR) is 139 cm³/mol. The van der Waals surface area contributed by atoms with E-state index in [2.05, 4.69) is 75.6 Å². The van der Waals surface area contributed by atoms with Crippen LogP contribution in [0.15, 0.2) is 48.5 Å². The van der Waals surface area contributed by atoms with E-state index in [0.29, 0.717) is 12.1 Å². The van der Waals surface area contributed by atoms with Gasteiger partial charge in [0.1, 0.15) is 5.82 Å². The molecule has 2 aliphatic heterocycles. The molecule has 178 valence electrons. The zero-order valence-electron chi connectivity index (χ0n) is 20.3. The molecule has 6 heteroatoms. The summed E-state index contributed by atoms with van der Waals surface area (Å²) >= 11 is 0. The third-order valence-corrected chi connectivity index (χ3v) is 8.06. The highest BCUT2D eigenvalue weighted by molar-refractivity contribution is 5.90. The van der Waals surface area contributed by atoms with Gasteiger partial charge in [0.25, 0.3) is 0 Å². The maximum atomic E-state index is 5.16. The Morgan fingerprint density at radius 2 is 1.59 bits per heavy atom. The fourth-order valence-corrected chi connectivity index (χ4v) is 6.08. The molecule has 2 fully saturated rings. The summed E-state index contributed by atoms with van der Waals surface area (Å²) in [7, 11) is 2.23. The third kappa shape index (κ3) is 4.37. The van der Waals surface area contributed by atoms with E-state index in [1.54, 1.807) is 0 Å². The van der Waals surface area contributed by atoms with E-state index in [-0.39, 0.29) is 0 Å². The first-order valence-electron chi connectivity index (χ1n) is 13.0. The number of piperazine rings is 1. The molecule has 6 rings (SSSR count). The highest BCUT2D eigenvalue weighted by Crippen LogP contribution is 2.31. The van der Waals surface area contributed by atoms with Crippen molar-refractivity contribution < 1.29 is 0 Å². The Hall–Kier alpha value is -2.70. The van der Waals surface area contributed by atoms with Crippen LogP contribution in [-0.2, 0) is 13.0 Å². The van der Waals surface area contributed by atoms with E-state index in [1.165, 1.54) is 36.8 Å². The van der Waals surface area contributed by atoms with Gasteiger partial charge in [-0.05, 0) is 49.6 Å². The van der Waals surface area contributed by atoms with Gasteiger partial charge in [0, 0.05) is 56.7 Å². The van der Waals surface area contributed by atoms with Crippen molar-refractivity contribution in [1.29, 1.82) is 0 Å². The molecule has 0 spiro atoms. The molecule has 1 aromatic heterocycles. The summed E-state index contributed by atoms with van der Waals surface area (Å²) in [5, 5.41) is 4.97. The summed E-state index contributed by atoms with van der Waals surface area (Å²) in [6.45, 7) is 6.55. The quantitative estimate of drug-likeness (QED) is 0.636. The second-order valence-electron chi connectivity index (χ2n) is 10.3. The number of anilines is 2. The van der Waals surface area contributed by atoms with Crippen LogP contribution in [0, 0.1) is 0 Å². The number of rotatable bonds is 4. The Labute approximate surface area is 203 Å². The molecule has 1 N–H and O–H groups in total. The van der Waals surface area contributed by atoms with Crippen LogP contribution in [0.25, 0.3) is 10.9 Å². The summed E-state index contributed by atoms with van der Waals surface area (Å²) in [6, 6.07) is 18.3. The number of likely N-dealkylation sites (N-methyl/N-ethyl adjacent to an activating group) is 1. The van der Waals surface area contributed by atoms with E-state index < -0.39 is 0 Å². The zero-order chi connectivity index (χ0) is 22.9. The maximum Gasteiger partial charge on any atom is 0.225 e. The second kappa shape index (κ2) is 9.51. The maximum absolute atomic E-state index is 5.16. The molecule has 3 heterocycles. The predicted octanol–water partition coefficient (Wildman–Crippen LogP) is 4.16. The lowest BCUT2D eigenvalue weighted by molar-refractivity contribution is 0.0843. The van der Waals surface area contributed by atoms with Gasteiger partial charge in [0.2, 0.25) is 5.95 Å². The van der Waals surface area contributed by atoms with Gasteiger partial charge in [-0.3, -0.25) is 4.90 Å². The Kier molecular flexibility index (Phi) is 6.10. The van der Waals surface area contributed by atoms with Gasteiger partial charge in [-0.25, -0.2) is 4.98 Å². The van der Waals surface area contributed by atoms with Gasteiger partial charge in [-0.15, -0.1) is 0 Å². The molecule has 0 unspecified atom stereocenters. The van der Waals surface area contributed by atoms with Crippen LogP contribution in [-0.4, -0.2) is 71.6 Å². The standard InChI is InChI=1S/C28H36N6/c1-32-16-18-33(19-17-32)26-13-7-6-12-25(26)30-28-29-24-11-5-4-10-23(24)27(31-28)34-15-14-21-8-2-3-9-22(21)20-34/h2-5,8-11,25-26H,6-7,12-20H2,1H3,(H,29,30,31)/t25-,26-/m0/s1. The van der Waals surface area contributed by atoms with Crippen LogP contribution in [0.5, 0.6) is 0 Å². The van der Waals surface area contributed by atoms with Gasteiger partial charge in [-0.2, -0.15) is 4.98 Å². The number of hydrogen-bond acceptors (Lipinski definition) is 6. The zero-order valence-corrected chi connectivity index (χ0v) is 20.3. The van der Waals surface area contributed by atoms with Gasteiger partial charge < -0.3 is 15.1 Å². The van der Waals surface area contributed by atoms with Crippen molar-refractivity contribution in [1.82, 2.24) is 19.8 Å². The molecule has 34 heavy (non-hydrogen) atoms. The van der Waals surface area contributed by atoms with Crippen molar-refractivity contribution in [3.05, 3.63) is 59.7 Å². The van der Waals surface area contributed by atoms with Crippen molar-refractivity contribution in [2.24, 2.45) is 0 Å². The minimum absolute atomic E-state index is 0.410. The van der Waals surface area contributed by atoms with Crippen LogP contribution in [0.2, 0.25) is 0 Å². The molecule has 0 bridgehead atoms. The summed E-state index contributed by atoms with van der Waals surface area (Å²) < 4.78 is 0. The normalized spacial score (nSPS) is 24.2. The fraction of sp³-hybridized carbons (Fsp3) is 0.500. The minimum Gasteiger partial charge on any atom is -0.351 e.